The fourth-order valence-electron chi connectivity index (χ4n) is 3.58. The molecule has 4 aromatic heterocycles. The first kappa shape index (κ1) is 22.9. The maximum absolute atomic E-state index is 13.9. The summed E-state index contributed by atoms with van der Waals surface area (Å²) in [5.41, 5.74) is -1.22. The van der Waals surface area contributed by atoms with Gasteiger partial charge in [-0.2, -0.15) is 13.2 Å². The molecule has 0 aliphatic heterocycles. The fraction of sp³-hybridized carbons (Fsp3) is 0.0833. The Labute approximate surface area is 199 Å². The molecule has 0 spiro atoms. The Morgan fingerprint density at radius 2 is 1.72 bits per heavy atom. The van der Waals surface area contributed by atoms with Gasteiger partial charge >= 0.3 is 6.18 Å². The van der Waals surface area contributed by atoms with E-state index in [1.54, 1.807) is 19.1 Å². The lowest BCUT2D eigenvalue weighted by Crippen LogP contribution is -2.18. The maximum Gasteiger partial charge on any atom is 0.418 e. The number of benzene rings is 1. The van der Waals surface area contributed by atoms with Crippen molar-refractivity contribution in [1.82, 2.24) is 10.1 Å². The summed E-state index contributed by atoms with van der Waals surface area (Å²) in [6, 6.07) is 10.4. The molecule has 0 saturated carbocycles. The number of nitrogens with zero attached hydrogens (tertiary/aromatic N) is 2. The molecule has 0 unspecified atom stereocenters. The van der Waals surface area contributed by atoms with Gasteiger partial charge < -0.3 is 24.0 Å². The van der Waals surface area contributed by atoms with Crippen molar-refractivity contribution in [1.29, 1.82) is 0 Å². The molecule has 0 aliphatic rings. The molecule has 0 saturated heterocycles. The number of pyridine rings is 1. The number of aryl methyl sites for hydroxylation is 1. The minimum absolute atomic E-state index is 0.00604. The number of anilines is 2. The molecule has 0 bridgehead atoms. The number of halogens is 3. The number of carbonyl (C=O) groups excluding carboxylic acids is 2. The first-order valence-corrected chi connectivity index (χ1v) is 10.4. The van der Waals surface area contributed by atoms with Crippen LogP contribution in [0.3, 0.4) is 0 Å². The number of fused-ring (bicyclic) bond motifs is 1. The Hall–Kier alpha value is -4.87. The first-order valence-electron chi connectivity index (χ1n) is 10.4. The van der Waals surface area contributed by atoms with Gasteiger partial charge in [0.15, 0.2) is 11.5 Å². The monoisotopic (exact) mass is 496 g/mol. The van der Waals surface area contributed by atoms with Crippen LogP contribution in [0.4, 0.5) is 24.5 Å². The van der Waals surface area contributed by atoms with Crippen LogP contribution in [-0.2, 0) is 6.18 Å². The van der Waals surface area contributed by atoms with Crippen LogP contribution < -0.4 is 10.6 Å². The summed E-state index contributed by atoms with van der Waals surface area (Å²) >= 11 is 0. The van der Waals surface area contributed by atoms with Crippen LogP contribution in [-0.4, -0.2) is 22.0 Å². The van der Waals surface area contributed by atoms with Gasteiger partial charge in [0.05, 0.1) is 40.4 Å². The number of nitrogens with one attached hydrogen (secondary N) is 2. The number of amides is 2. The van der Waals surface area contributed by atoms with E-state index in [2.05, 4.69) is 20.8 Å². The van der Waals surface area contributed by atoms with Gasteiger partial charge in [-0.3, -0.25) is 9.59 Å². The third-order valence-corrected chi connectivity index (χ3v) is 5.21. The molecule has 5 rings (SSSR count). The van der Waals surface area contributed by atoms with E-state index >= 15 is 0 Å². The van der Waals surface area contributed by atoms with E-state index in [0.717, 1.165) is 12.1 Å². The molecule has 1 aromatic carbocycles. The second-order valence-electron chi connectivity index (χ2n) is 7.62. The molecular weight excluding hydrogens is 481 g/mol. The highest BCUT2D eigenvalue weighted by atomic mass is 19.4. The predicted octanol–water partition coefficient (Wildman–Crippen LogP) is 5.91. The summed E-state index contributed by atoms with van der Waals surface area (Å²) in [6.45, 7) is 1.58. The molecular formula is C24H15F3N4O5. The number of hydrogen-bond acceptors (Lipinski definition) is 7. The second-order valence-corrected chi connectivity index (χ2v) is 7.62. The standard InChI is InChI=1S/C24H15F3N4O5/c1-12-20-14(11-17(18-4-2-8-34-18)30-23(20)36-31-12)21(32)29-16-7-6-13(10-15(16)24(25,26)27)28-22(33)19-5-3-9-35-19/h2-11H,1H3,(H,28,33)(H,29,32). The molecule has 0 atom stereocenters. The summed E-state index contributed by atoms with van der Waals surface area (Å²) in [5, 5.41) is 8.70. The van der Waals surface area contributed by atoms with Gasteiger partial charge in [-0.15, -0.1) is 0 Å². The number of hydrogen-bond donors (Lipinski definition) is 2. The summed E-state index contributed by atoms with van der Waals surface area (Å²) in [4.78, 5) is 29.6. The topological polar surface area (TPSA) is 123 Å². The van der Waals surface area contributed by atoms with Crippen LogP contribution in [0.2, 0.25) is 0 Å². The van der Waals surface area contributed by atoms with Gasteiger partial charge in [-0.25, -0.2) is 4.98 Å². The lowest BCUT2D eigenvalue weighted by Gasteiger charge is -2.16. The average Bonchev–Trinajstić information content (AvgIpc) is 3.61. The van der Waals surface area contributed by atoms with E-state index in [1.807, 2.05) is 0 Å². The Bertz CT molecular complexity index is 1570. The van der Waals surface area contributed by atoms with Crippen LogP contribution in [0, 0.1) is 6.92 Å². The molecule has 12 heteroatoms. The highest BCUT2D eigenvalue weighted by Crippen LogP contribution is 2.37. The lowest BCUT2D eigenvalue weighted by molar-refractivity contribution is -0.136. The van der Waals surface area contributed by atoms with Crippen molar-refractivity contribution in [3.05, 3.63) is 83.6 Å². The van der Waals surface area contributed by atoms with Crippen molar-refractivity contribution in [2.24, 2.45) is 0 Å². The third-order valence-electron chi connectivity index (χ3n) is 5.21. The normalized spacial score (nSPS) is 11.6. The van der Waals surface area contributed by atoms with Gasteiger partial charge in [0.25, 0.3) is 17.5 Å². The highest BCUT2D eigenvalue weighted by Gasteiger charge is 2.35. The highest BCUT2D eigenvalue weighted by molar-refractivity contribution is 6.13. The summed E-state index contributed by atoms with van der Waals surface area (Å²) in [7, 11) is 0. The number of rotatable bonds is 5. The number of carbonyl (C=O) groups is 2. The second kappa shape index (κ2) is 8.73. The smallest absolute Gasteiger partial charge is 0.418 e. The van der Waals surface area contributed by atoms with E-state index in [0.29, 0.717) is 11.5 Å². The predicted molar refractivity (Wildman–Crippen MR) is 120 cm³/mol. The van der Waals surface area contributed by atoms with Crippen molar-refractivity contribution in [2.75, 3.05) is 10.6 Å². The van der Waals surface area contributed by atoms with Crippen molar-refractivity contribution in [3.63, 3.8) is 0 Å². The van der Waals surface area contributed by atoms with E-state index in [4.69, 9.17) is 13.4 Å². The maximum atomic E-state index is 13.9. The summed E-state index contributed by atoms with van der Waals surface area (Å²) < 4.78 is 57.1. The fourth-order valence-corrected chi connectivity index (χ4v) is 3.58. The molecule has 9 nitrogen and oxygen atoms in total. The minimum Gasteiger partial charge on any atom is -0.463 e. The minimum atomic E-state index is -4.84. The molecule has 36 heavy (non-hydrogen) atoms. The van der Waals surface area contributed by atoms with Crippen LogP contribution in [0.15, 0.2) is 74.4 Å². The molecule has 4 heterocycles. The van der Waals surface area contributed by atoms with Crippen LogP contribution in [0.25, 0.3) is 22.6 Å². The van der Waals surface area contributed by atoms with Crippen molar-refractivity contribution in [3.8, 4) is 11.5 Å². The van der Waals surface area contributed by atoms with E-state index in [9.17, 15) is 22.8 Å². The van der Waals surface area contributed by atoms with E-state index in [1.165, 1.54) is 36.8 Å². The van der Waals surface area contributed by atoms with Crippen molar-refractivity contribution >= 4 is 34.3 Å². The van der Waals surface area contributed by atoms with Gasteiger partial charge in [0, 0.05) is 5.69 Å². The SMILES string of the molecule is Cc1noc2nc(-c3ccco3)cc(C(=O)Nc3ccc(NC(=O)c4ccco4)cc3C(F)(F)F)c12. The zero-order chi connectivity index (χ0) is 25.4. The Kier molecular flexibility index (Phi) is 5.55. The molecule has 182 valence electrons. The van der Waals surface area contributed by atoms with Gasteiger partial charge in [-0.1, -0.05) is 5.16 Å². The van der Waals surface area contributed by atoms with Crippen LogP contribution in [0.5, 0.6) is 0 Å². The Balaban J connectivity index is 1.50. The molecule has 2 amide bonds. The summed E-state index contributed by atoms with van der Waals surface area (Å²) in [6.07, 6.45) is -2.16. The largest absolute Gasteiger partial charge is 0.463 e. The van der Waals surface area contributed by atoms with Gasteiger partial charge in [-0.05, 0) is 55.5 Å². The molecule has 5 aromatic rings. The first-order chi connectivity index (χ1) is 17.2. The zero-order valence-electron chi connectivity index (χ0n) is 18.3. The Morgan fingerprint density at radius 1 is 0.944 bits per heavy atom. The van der Waals surface area contributed by atoms with E-state index in [-0.39, 0.29) is 33.8 Å². The quantitative estimate of drug-likeness (QED) is 0.310. The summed E-state index contributed by atoms with van der Waals surface area (Å²) in [5.74, 6) is -1.32. The number of aromatic nitrogens is 2. The lowest BCUT2D eigenvalue weighted by atomic mass is 10.1. The number of furan rings is 2. The molecule has 0 radical (unpaired) electrons. The van der Waals surface area contributed by atoms with E-state index < -0.39 is 29.2 Å². The molecule has 0 fully saturated rings. The van der Waals surface area contributed by atoms with Crippen LogP contribution in [0.1, 0.15) is 32.2 Å². The van der Waals surface area contributed by atoms with Crippen molar-refractivity contribution < 1.29 is 36.1 Å². The van der Waals surface area contributed by atoms with Gasteiger partial charge in [0.2, 0.25) is 0 Å². The molecule has 2 N–H and O–H groups in total. The van der Waals surface area contributed by atoms with Crippen molar-refractivity contribution in [2.45, 2.75) is 13.1 Å². The third kappa shape index (κ3) is 4.31. The zero-order valence-corrected chi connectivity index (χ0v) is 18.3. The molecule has 0 aliphatic carbocycles. The number of alkyl halides is 3. The van der Waals surface area contributed by atoms with Crippen LogP contribution >= 0.6 is 0 Å². The Morgan fingerprint density at radius 3 is 2.42 bits per heavy atom. The average molecular weight is 496 g/mol. The van der Waals surface area contributed by atoms with Gasteiger partial charge in [0.1, 0.15) is 5.69 Å².